The quantitative estimate of drug-likeness (QED) is 0.567. The van der Waals surface area contributed by atoms with Gasteiger partial charge in [-0.3, -0.25) is 9.59 Å². The number of ketones is 1. The molecule has 0 aliphatic rings. The fraction of sp³-hybridized carbons (Fsp3) is 0.611. The topological polar surface area (TPSA) is 68.6 Å². The predicted octanol–water partition coefficient (Wildman–Crippen LogP) is 2.65. The van der Waals surface area contributed by atoms with E-state index in [9.17, 15) is 14.4 Å². The minimum absolute atomic E-state index is 0.0600. The summed E-state index contributed by atoms with van der Waals surface area (Å²) >= 11 is 0. The van der Waals surface area contributed by atoms with Crippen LogP contribution in [0.2, 0.25) is 0 Å². The van der Waals surface area contributed by atoms with Crippen LogP contribution in [0.3, 0.4) is 0 Å². The van der Waals surface area contributed by atoms with Gasteiger partial charge in [-0.1, -0.05) is 6.92 Å². The zero-order chi connectivity index (χ0) is 18.6. The fourth-order valence-corrected chi connectivity index (χ4v) is 3.05. The molecule has 6 heteroatoms. The Morgan fingerprint density at radius 1 is 1.17 bits per heavy atom. The van der Waals surface area contributed by atoms with Gasteiger partial charge in [-0.25, -0.2) is 4.79 Å². The van der Waals surface area contributed by atoms with Crippen LogP contribution in [0.25, 0.3) is 0 Å². The Morgan fingerprint density at radius 2 is 1.75 bits per heavy atom. The molecule has 6 nitrogen and oxygen atoms in total. The Hall–Kier alpha value is -2.11. The van der Waals surface area contributed by atoms with E-state index in [1.165, 1.54) is 0 Å². The molecule has 134 valence electrons. The maximum absolute atomic E-state index is 13.0. The summed E-state index contributed by atoms with van der Waals surface area (Å²) < 4.78 is 6.77. The van der Waals surface area contributed by atoms with Crippen LogP contribution in [-0.4, -0.2) is 46.3 Å². The summed E-state index contributed by atoms with van der Waals surface area (Å²) in [7, 11) is 1.74. The SMILES string of the molecule is CCOC(=O)c1c(C)c(C(=O)C(C)N(CC)C(=O)CC)c(C)n1C. The second kappa shape index (κ2) is 8.13. The highest BCUT2D eigenvalue weighted by molar-refractivity contribution is 6.06. The van der Waals surface area contributed by atoms with Crippen LogP contribution >= 0.6 is 0 Å². The fourth-order valence-electron chi connectivity index (χ4n) is 3.05. The highest BCUT2D eigenvalue weighted by Gasteiger charge is 2.31. The summed E-state index contributed by atoms with van der Waals surface area (Å²) in [5.41, 5.74) is 2.18. The molecule has 0 aliphatic carbocycles. The summed E-state index contributed by atoms with van der Waals surface area (Å²) in [6.45, 7) is 11.4. The molecule has 24 heavy (non-hydrogen) atoms. The number of likely N-dealkylation sites (N-methyl/N-ethyl adjacent to an activating group) is 1. The summed E-state index contributed by atoms with van der Waals surface area (Å²) in [5, 5.41) is 0. The van der Waals surface area contributed by atoms with Gasteiger partial charge in [-0.2, -0.15) is 0 Å². The van der Waals surface area contributed by atoms with E-state index in [-0.39, 0.29) is 18.3 Å². The zero-order valence-electron chi connectivity index (χ0n) is 15.7. The summed E-state index contributed by atoms with van der Waals surface area (Å²) in [6.07, 6.45) is 0.353. The van der Waals surface area contributed by atoms with Crippen molar-refractivity contribution in [2.24, 2.45) is 7.05 Å². The number of ether oxygens (including phenoxy) is 1. The number of esters is 1. The normalized spacial score (nSPS) is 12.0. The van der Waals surface area contributed by atoms with E-state index in [4.69, 9.17) is 4.74 Å². The molecule has 0 saturated carbocycles. The molecule has 1 unspecified atom stereocenters. The number of aromatic nitrogens is 1. The minimum Gasteiger partial charge on any atom is -0.461 e. The van der Waals surface area contributed by atoms with Crippen LogP contribution in [0.1, 0.15) is 66.2 Å². The highest BCUT2D eigenvalue weighted by atomic mass is 16.5. The molecule has 0 radical (unpaired) electrons. The smallest absolute Gasteiger partial charge is 0.355 e. The molecule has 1 aromatic rings. The van der Waals surface area contributed by atoms with Gasteiger partial charge in [0.05, 0.1) is 12.6 Å². The van der Waals surface area contributed by atoms with Crippen molar-refractivity contribution in [2.75, 3.05) is 13.2 Å². The molecular weight excluding hydrogens is 308 g/mol. The van der Waals surface area contributed by atoms with Crippen molar-refractivity contribution >= 4 is 17.7 Å². The van der Waals surface area contributed by atoms with Gasteiger partial charge in [0.2, 0.25) is 5.91 Å². The lowest BCUT2D eigenvalue weighted by atomic mass is 9.99. The Kier molecular flexibility index (Phi) is 6.75. The van der Waals surface area contributed by atoms with Crippen LogP contribution in [-0.2, 0) is 16.6 Å². The highest BCUT2D eigenvalue weighted by Crippen LogP contribution is 2.24. The molecule has 1 rings (SSSR count). The molecule has 1 heterocycles. The zero-order valence-corrected chi connectivity index (χ0v) is 15.7. The van der Waals surface area contributed by atoms with Crippen molar-refractivity contribution in [2.45, 2.75) is 54.0 Å². The second-order valence-corrected chi connectivity index (χ2v) is 5.79. The molecule has 0 aromatic carbocycles. The van der Waals surface area contributed by atoms with Gasteiger partial charge in [0.1, 0.15) is 5.69 Å². The number of carbonyl (C=O) groups is 3. The van der Waals surface area contributed by atoms with Crippen molar-refractivity contribution in [3.63, 3.8) is 0 Å². The van der Waals surface area contributed by atoms with E-state index < -0.39 is 12.0 Å². The van der Waals surface area contributed by atoms with E-state index in [0.29, 0.717) is 35.5 Å². The van der Waals surface area contributed by atoms with Crippen molar-refractivity contribution in [1.82, 2.24) is 9.47 Å². The molecule has 0 fully saturated rings. The minimum atomic E-state index is -0.572. The number of nitrogens with zero attached hydrogens (tertiary/aromatic N) is 2. The van der Waals surface area contributed by atoms with E-state index in [2.05, 4.69) is 0 Å². The van der Waals surface area contributed by atoms with Gasteiger partial charge in [0.25, 0.3) is 0 Å². The Balaban J connectivity index is 3.31. The van der Waals surface area contributed by atoms with Gasteiger partial charge in [-0.15, -0.1) is 0 Å². The van der Waals surface area contributed by atoms with Gasteiger partial charge in [-0.05, 0) is 40.2 Å². The Morgan fingerprint density at radius 3 is 2.21 bits per heavy atom. The largest absolute Gasteiger partial charge is 0.461 e. The van der Waals surface area contributed by atoms with Crippen LogP contribution < -0.4 is 0 Å². The lowest BCUT2D eigenvalue weighted by Crippen LogP contribution is -2.43. The van der Waals surface area contributed by atoms with Gasteiger partial charge >= 0.3 is 5.97 Å². The Bertz CT molecular complexity index is 646. The van der Waals surface area contributed by atoms with Gasteiger partial charge in [0, 0.05) is 31.3 Å². The van der Waals surface area contributed by atoms with E-state index >= 15 is 0 Å². The van der Waals surface area contributed by atoms with Crippen LogP contribution in [0, 0.1) is 13.8 Å². The first-order valence-electron chi connectivity index (χ1n) is 8.39. The molecule has 0 bridgehead atoms. The number of hydrogen-bond donors (Lipinski definition) is 0. The van der Waals surface area contributed by atoms with Crippen molar-refractivity contribution in [3.8, 4) is 0 Å². The number of carbonyl (C=O) groups excluding carboxylic acids is 3. The standard InChI is InChI=1S/C18H28N2O4/c1-8-14(21)20(9-2)13(6)17(22)15-11(4)16(18(23)24-10-3)19(7)12(15)5/h13H,8-10H2,1-7H3. The molecule has 1 amide bonds. The van der Waals surface area contributed by atoms with Crippen LogP contribution in [0.4, 0.5) is 0 Å². The third kappa shape index (κ3) is 3.52. The monoisotopic (exact) mass is 336 g/mol. The van der Waals surface area contributed by atoms with Crippen molar-refractivity contribution in [1.29, 1.82) is 0 Å². The molecule has 1 atom stereocenters. The first-order chi connectivity index (χ1) is 11.2. The lowest BCUT2D eigenvalue weighted by molar-refractivity contribution is -0.131. The first-order valence-corrected chi connectivity index (χ1v) is 8.39. The van der Waals surface area contributed by atoms with Crippen LogP contribution in [0.5, 0.6) is 0 Å². The first kappa shape index (κ1) is 19.9. The van der Waals surface area contributed by atoms with Crippen LogP contribution in [0.15, 0.2) is 0 Å². The predicted molar refractivity (Wildman–Crippen MR) is 92.3 cm³/mol. The summed E-state index contributed by atoms with van der Waals surface area (Å²) in [6, 6.07) is -0.572. The number of Topliss-reactive ketones (excluding diaryl/α,β-unsaturated/α-hetero) is 1. The average molecular weight is 336 g/mol. The Labute approximate surface area is 143 Å². The van der Waals surface area contributed by atoms with Crippen molar-refractivity contribution < 1.29 is 19.1 Å². The van der Waals surface area contributed by atoms with E-state index in [1.54, 1.807) is 51.1 Å². The van der Waals surface area contributed by atoms with Crippen molar-refractivity contribution in [3.05, 3.63) is 22.5 Å². The average Bonchev–Trinajstić information content (AvgIpc) is 2.76. The molecule has 0 spiro atoms. The third-order valence-electron chi connectivity index (χ3n) is 4.46. The van der Waals surface area contributed by atoms with Gasteiger partial charge < -0.3 is 14.2 Å². The molecule has 0 N–H and O–H groups in total. The molecular formula is C18H28N2O4. The summed E-state index contributed by atoms with van der Waals surface area (Å²) in [4.78, 5) is 38.8. The molecule has 1 aromatic heterocycles. The molecule has 0 saturated heterocycles. The lowest BCUT2D eigenvalue weighted by Gasteiger charge is -2.27. The second-order valence-electron chi connectivity index (χ2n) is 5.79. The van der Waals surface area contributed by atoms with Gasteiger partial charge in [0.15, 0.2) is 5.78 Å². The number of hydrogen-bond acceptors (Lipinski definition) is 4. The van der Waals surface area contributed by atoms with E-state index in [1.807, 2.05) is 6.92 Å². The maximum Gasteiger partial charge on any atom is 0.355 e. The summed E-state index contributed by atoms with van der Waals surface area (Å²) in [5.74, 6) is -0.653. The third-order valence-corrected chi connectivity index (χ3v) is 4.46. The van der Waals surface area contributed by atoms with E-state index in [0.717, 1.165) is 0 Å². The number of amides is 1. The molecule has 0 aliphatic heterocycles. The maximum atomic E-state index is 13.0. The number of rotatable bonds is 7.